The topological polar surface area (TPSA) is 76.4 Å². The molecular weight excluding hydrogens is 354 g/mol. The molecule has 0 bridgehead atoms. The van der Waals surface area contributed by atoms with Crippen LogP contribution in [0.5, 0.6) is 11.5 Å². The van der Waals surface area contributed by atoms with E-state index in [4.69, 9.17) is 16.3 Å². The van der Waals surface area contributed by atoms with Gasteiger partial charge in [-0.1, -0.05) is 17.7 Å². The fourth-order valence-electron chi connectivity index (χ4n) is 2.28. The largest absolute Gasteiger partial charge is 0.504 e. The number of nitrogens with zero attached hydrogens (tertiary/aromatic N) is 2. The van der Waals surface area contributed by atoms with Crippen LogP contribution in [0.3, 0.4) is 0 Å². The van der Waals surface area contributed by atoms with E-state index < -0.39 is 0 Å². The number of hydrogen-bond donors (Lipinski definition) is 2. The SMILES string of the molecule is COc1cc(/C=C/C(=O)Nc2cnn(-c3ccc(Cl)cc3)c2)ccc1O. The van der Waals surface area contributed by atoms with Gasteiger partial charge in [-0.15, -0.1) is 0 Å². The van der Waals surface area contributed by atoms with Gasteiger partial charge >= 0.3 is 0 Å². The van der Waals surface area contributed by atoms with Crippen molar-refractivity contribution in [2.75, 3.05) is 12.4 Å². The summed E-state index contributed by atoms with van der Waals surface area (Å²) < 4.78 is 6.68. The Morgan fingerprint density at radius 2 is 2.04 bits per heavy atom. The van der Waals surface area contributed by atoms with Crippen molar-refractivity contribution in [1.82, 2.24) is 9.78 Å². The Labute approximate surface area is 155 Å². The standard InChI is InChI=1S/C19H16ClN3O3/c1-26-18-10-13(2-8-17(18)24)3-9-19(25)22-15-11-21-23(12-15)16-6-4-14(20)5-7-16/h2-12,24H,1H3,(H,22,25)/b9-3+. The summed E-state index contributed by atoms with van der Waals surface area (Å²) in [6.45, 7) is 0. The maximum Gasteiger partial charge on any atom is 0.248 e. The van der Waals surface area contributed by atoms with Crippen LogP contribution in [0, 0.1) is 0 Å². The van der Waals surface area contributed by atoms with E-state index in [1.165, 1.54) is 19.3 Å². The second kappa shape index (κ2) is 7.76. The molecule has 0 aliphatic carbocycles. The summed E-state index contributed by atoms with van der Waals surface area (Å²) in [5, 5.41) is 17.2. The summed E-state index contributed by atoms with van der Waals surface area (Å²) in [7, 11) is 1.47. The van der Waals surface area contributed by atoms with Gasteiger partial charge in [0.15, 0.2) is 11.5 Å². The van der Waals surface area contributed by atoms with Gasteiger partial charge < -0.3 is 15.2 Å². The molecule has 7 heteroatoms. The molecule has 0 spiro atoms. The highest BCUT2D eigenvalue weighted by Gasteiger charge is 2.04. The molecule has 0 aliphatic rings. The monoisotopic (exact) mass is 369 g/mol. The first-order valence-corrected chi connectivity index (χ1v) is 8.09. The van der Waals surface area contributed by atoms with Crippen molar-refractivity contribution in [3.05, 3.63) is 71.5 Å². The second-order valence-corrected chi connectivity index (χ2v) is 5.84. The van der Waals surface area contributed by atoms with Crippen LogP contribution in [0.1, 0.15) is 5.56 Å². The summed E-state index contributed by atoms with van der Waals surface area (Å²) in [4.78, 5) is 12.1. The zero-order valence-electron chi connectivity index (χ0n) is 13.9. The molecule has 2 aromatic carbocycles. The number of phenolic OH excluding ortho intramolecular Hbond substituents is 1. The molecule has 0 saturated carbocycles. The Morgan fingerprint density at radius 3 is 2.77 bits per heavy atom. The minimum absolute atomic E-state index is 0.0451. The summed E-state index contributed by atoms with van der Waals surface area (Å²) in [6.07, 6.45) is 6.29. The minimum atomic E-state index is -0.298. The number of rotatable bonds is 5. The smallest absolute Gasteiger partial charge is 0.248 e. The van der Waals surface area contributed by atoms with Crippen molar-refractivity contribution >= 4 is 29.3 Å². The average Bonchev–Trinajstić information content (AvgIpc) is 3.10. The predicted octanol–water partition coefficient (Wildman–Crippen LogP) is 3.89. The third kappa shape index (κ3) is 4.23. The van der Waals surface area contributed by atoms with Gasteiger partial charge in [-0.3, -0.25) is 4.79 Å². The van der Waals surface area contributed by atoms with Crippen molar-refractivity contribution in [1.29, 1.82) is 0 Å². The molecule has 0 radical (unpaired) electrons. The van der Waals surface area contributed by atoms with Crippen LogP contribution in [-0.4, -0.2) is 27.9 Å². The lowest BCUT2D eigenvalue weighted by Gasteiger charge is -2.03. The van der Waals surface area contributed by atoms with Crippen molar-refractivity contribution in [3.8, 4) is 17.2 Å². The van der Waals surface area contributed by atoms with Gasteiger partial charge in [0.1, 0.15) is 0 Å². The molecule has 1 heterocycles. The number of carbonyl (C=O) groups is 1. The number of phenols is 1. The summed E-state index contributed by atoms with van der Waals surface area (Å²) >= 11 is 5.87. The highest BCUT2D eigenvalue weighted by atomic mass is 35.5. The van der Waals surface area contributed by atoms with Crippen LogP contribution in [-0.2, 0) is 4.79 Å². The Hall–Kier alpha value is -3.25. The fourth-order valence-corrected chi connectivity index (χ4v) is 2.40. The van der Waals surface area contributed by atoms with Gasteiger partial charge in [0.25, 0.3) is 0 Å². The predicted molar refractivity (Wildman–Crippen MR) is 101 cm³/mol. The molecule has 1 amide bonds. The van der Waals surface area contributed by atoms with E-state index in [1.807, 2.05) is 12.1 Å². The first-order valence-electron chi connectivity index (χ1n) is 7.72. The number of nitrogens with one attached hydrogen (secondary N) is 1. The van der Waals surface area contributed by atoms with Gasteiger partial charge in [-0.2, -0.15) is 5.10 Å². The normalized spacial score (nSPS) is 10.8. The van der Waals surface area contributed by atoms with E-state index in [0.29, 0.717) is 16.5 Å². The molecule has 2 N–H and O–H groups in total. The molecular formula is C19H16ClN3O3. The Morgan fingerprint density at radius 1 is 1.27 bits per heavy atom. The van der Waals surface area contributed by atoms with E-state index >= 15 is 0 Å². The first-order chi connectivity index (χ1) is 12.5. The molecule has 0 aliphatic heterocycles. The summed E-state index contributed by atoms with van der Waals surface area (Å²) in [5.41, 5.74) is 2.13. The van der Waals surface area contributed by atoms with E-state index in [2.05, 4.69) is 10.4 Å². The highest BCUT2D eigenvalue weighted by Crippen LogP contribution is 2.26. The third-order valence-electron chi connectivity index (χ3n) is 3.57. The Balaban J connectivity index is 1.66. The second-order valence-electron chi connectivity index (χ2n) is 5.40. The molecule has 3 rings (SSSR count). The Bertz CT molecular complexity index is 949. The first kappa shape index (κ1) is 17.6. The molecule has 0 atom stereocenters. The van der Waals surface area contributed by atoms with Crippen LogP contribution in [0.25, 0.3) is 11.8 Å². The number of halogens is 1. The number of anilines is 1. The lowest BCUT2D eigenvalue weighted by atomic mass is 10.2. The van der Waals surface area contributed by atoms with Crippen molar-refractivity contribution < 1.29 is 14.6 Å². The van der Waals surface area contributed by atoms with Crippen LogP contribution in [0.15, 0.2) is 60.9 Å². The van der Waals surface area contributed by atoms with Crippen LogP contribution >= 0.6 is 11.6 Å². The van der Waals surface area contributed by atoms with E-state index in [0.717, 1.165) is 11.3 Å². The molecule has 0 saturated heterocycles. The lowest BCUT2D eigenvalue weighted by molar-refractivity contribution is -0.111. The number of ether oxygens (including phenoxy) is 1. The van der Waals surface area contributed by atoms with Gasteiger partial charge in [-0.05, 0) is 48.0 Å². The number of aromatic hydroxyl groups is 1. The van der Waals surface area contributed by atoms with E-state index in [1.54, 1.807) is 47.4 Å². The van der Waals surface area contributed by atoms with Crippen molar-refractivity contribution in [2.45, 2.75) is 0 Å². The maximum atomic E-state index is 12.1. The molecule has 1 aromatic heterocycles. The maximum absolute atomic E-state index is 12.1. The van der Waals surface area contributed by atoms with Crippen molar-refractivity contribution in [2.24, 2.45) is 0 Å². The molecule has 6 nitrogen and oxygen atoms in total. The molecule has 3 aromatic rings. The number of carbonyl (C=O) groups excluding carboxylic acids is 1. The summed E-state index contributed by atoms with van der Waals surface area (Å²) in [6, 6.07) is 12.0. The van der Waals surface area contributed by atoms with Gasteiger partial charge in [0.05, 0.1) is 30.9 Å². The molecule has 26 heavy (non-hydrogen) atoms. The van der Waals surface area contributed by atoms with Gasteiger partial charge in [0, 0.05) is 11.1 Å². The van der Waals surface area contributed by atoms with Crippen LogP contribution in [0.4, 0.5) is 5.69 Å². The molecule has 0 fully saturated rings. The Kier molecular flexibility index (Phi) is 5.24. The minimum Gasteiger partial charge on any atom is -0.504 e. The third-order valence-corrected chi connectivity index (χ3v) is 3.82. The zero-order chi connectivity index (χ0) is 18.5. The molecule has 132 valence electrons. The molecule has 0 unspecified atom stereocenters. The van der Waals surface area contributed by atoms with Crippen LogP contribution < -0.4 is 10.1 Å². The number of methoxy groups -OCH3 is 1. The lowest BCUT2D eigenvalue weighted by Crippen LogP contribution is -2.06. The van der Waals surface area contributed by atoms with Crippen molar-refractivity contribution in [3.63, 3.8) is 0 Å². The number of amides is 1. The van der Waals surface area contributed by atoms with Gasteiger partial charge in [-0.25, -0.2) is 4.68 Å². The fraction of sp³-hybridized carbons (Fsp3) is 0.0526. The number of benzene rings is 2. The zero-order valence-corrected chi connectivity index (χ0v) is 14.6. The number of aromatic nitrogens is 2. The average molecular weight is 370 g/mol. The number of hydrogen-bond acceptors (Lipinski definition) is 4. The van der Waals surface area contributed by atoms with E-state index in [9.17, 15) is 9.90 Å². The highest BCUT2D eigenvalue weighted by molar-refractivity contribution is 6.30. The quantitative estimate of drug-likeness (QED) is 0.669. The van der Waals surface area contributed by atoms with Gasteiger partial charge in [0.2, 0.25) is 5.91 Å². The summed E-state index contributed by atoms with van der Waals surface area (Å²) in [5.74, 6) is 0.0909. The van der Waals surface area contributed by atoms with Crippen LogP contribution in [0.2, 0.25) is 5.02 Å². The van der Waals surface area contributed by atoms with E-state index in [-0.39, 0.29) is 11.7 Å².